The molecule has 19 heavy (non-hydrogen) atoms. The first-order chi connectivity index (χ1) is 9.40. The standard InChI is InChI=1S/C15H23NO2S/c17-8-1-10-19-11-7-16-6-4-13-2-3-15-14(12-13)5-9-18-15/h2-3,12,16-17H,1,4-11H2. The highest BCUT2D eigenvalue weighted by Crippen LogP contribution is 2.25. The van der Waals surface area contributed by atoms with Gasteiger partial charge in [0.1, 0.15) is 5.75 Å². The fourth-order valence-electron chi connectivity index (χ4n) is 2.17. The second kappa shape index (κ2) is 8.46. The Kier molecular flexibility index (Phi) is 6.54. The first-order valence-corrected chi connectivity index (χ1v) is 8.19. The minimum absolute atomic E-state index is 0.308. The van der Waals surface area contributed by atoms with Gasteiger partial charge in [-0.05, 0) is 42.3 Å². The van der Waals surface area contributed by atoms with Crippen molar-refractivity contribution in [2.75, 3.05) is 37.8 Å². The van der Waals surface area contributed by atoms with E-state index in [-0.39, 0.29) is 0 Å². The summed E-state index contributed by atoms with van der Waals surface area (Å²) in [5.41, 5.74) is 2.75. The van der Waals surface area contributed by atoms with Crippen LogP contribution in [-0.4, -0.2) is 42.9 Å². The second-order valence-corrected chi connectivity index (χ2v) is 5.95. The van der Waals surface area contributed by atoms with Crippen LogP contribution in [-0.2, 0) is 12.8 Å². The molecule has 0 spiro atoms. The SMILES string of the molecule is OCCCSCCNCCc1ccc2c(c1)CCO2. The monoisotopic (exact) mass is 281 g/mol. The maximum atomic E-state index is 8.66. The lowest BCUT2D eigenvalue weighted by Crippen LogP contribution is -2.20. The Morgan fingerprint density at radius 3 is 3.11 bits per heavy atom. The number of fused-ring (bicyclic) bond motifs is 1. The van der Waals surface area contributed by atoms with Crippen LogP contribution in [0.15, 0.2) is 18.2 Å². The summed E-state index contributed by atoms with van der Waals surface area (Å²) in [7, 11) is 0. The molecule has 1 aliphatic rings. The average Bonchev–Trinajstić information content (AvgIpc) is 2.89. The van der Waals surface area contributed by atoms with Crippen molar-refractivity contribution in [2.24, 2.45) is 0 Å². The lowest BCUT2D eigenvalue weighted by molar-refractivity contribution is 0.296. The molecule has 2 N–H and O–H groups in total. The smallest absolute Gasteiger partial charge is 0.122 e. The predicted molar refractivity (Wildman–Crippen MR) is 81.2 cm³/mol. The molecular weight excluding hydrogens is 258 g/mol. The molecule has 4 heteroatoms. The van der Waals surface area contributed by atoms with E-state index in [4.69, 9.17) is 9.84 Å². The number of aliphatic hydroxyl groups excluding tert-OH is 1. The van der Waals surface area contributed by atoms with Crippen molar-refractivity contribution in [2.45, 2.75) is 19.3 Å². The Morgan fingerprint density at radius 2 is 2.21 bits per heavy atom. The van der Waals surface area contributed by atoms with Gasteiger partial charge in [0.05, 0.1) is 6.61 Å². The van der Waals surface area contributed by atoms with E-state index >= 15 is 0 Å². The Bertz CT molecular complexity index is 384. The maximum absolute atomic E-state index is 8.66. The lowest BCUT2D eigenvalue weighted by Gasteiger charge is -2.06. The van der Waals surface area contributed by atoms with Crippen LogP contribution in [0.2, 0.25) is 0 Å². The van der Waals surface area contributed by atoms with Crippen LogP contribution in [0.3, 0.4) is 0 Å². The summed E-state index contributed by atoms with van der Waals surface area (Å²) in [6, 6.07) is 6.55. The third-order valence-corrected chi connectivity index (χ3v) is 4.28. The van der Waals surface area contributed by atoms with E-state index in [9.17, 15) is 0 Å². The van der Waals surface area contributed by atoms with Crippen molar-refractivity contribution < 1.29 is 9.84 Å². The molecule has 0 amide bonds. The van der Waals surface area contributed by atoms with Gasteiger partial charge in [0, 0.05) is 25.3 Å². The molecular formula is C15H23NO2S. The zero-order chi connectivity index (χ0) is 13.3. The number of aliphatic hydroxyl groups is 1. The predicted octanol–water partition coefficient (Wildman–Crippen LogP) is 1.87. The first kappa shape index (κ1) is 14.7. The molecule has 106 valence electrons. The summed E-state index contributed by atoms with van der Waals surface area (Å²) >= 11 is 1.90. The number of rotatable bonds is 9. The number of hydrogen-bond acceptors (Lipinski definition) is 4. The topological polar surface area (TPSA) is 41.5 Å². The zero-order valence-electron chi connectivity index (χ0n) is 11.4. The number of ether oxygens (including phenoxy) is 1. The Morgan fingerprint density at radius 1 is 1.26 bits per heavy atom. The van der Waals surface area contributed by atoms with Crippen LogP contribution in [0.25, 0.3) is 0 Å². The molecule has 0 bridgehead atoms. The molecule has 0 atom stereocenters. The van der Waals surface area contributed by atoms with Crippen LogP contribution < -0.4 is 10.1 Å². The highest BCUT2D eigenvalue weighted by molar-refractivity contribution is 7.99. The lowest BCUT2D eigenvalue weighted by atomic mass is 10.1. The minimum Gasteiger partial charge on any atom is -0.493 e. The second-order valence-electron chi connectivity index (χ2n) is 4.73. The highest BCUT2D eigenvalue weighted by atomic mass is 32.2. The van der Waals surface area contributed by atoms with Crippen molar-refractivity contribution in [1.29, 1.82) is 0 Å². The number of hydrogen-bond donors (Lipinski definition) is 2. The van der Waals surface area contributed by atoms with Crippen molar-refractivity contribution in [3.8, 4) is 5.75 Å². The van der Waals surface area contributed by atoms with E-state index in [1.165, 1.54) is 11.1 Å². The van der Waals surface area contributed by atoms with Gasteiger partial charge in [0.25, 0.3) is 0 Å². The van der Waals surface area contributed by atoms with Crippen LogP contribution in [0, 0.1) is 0 Å². The van der Waals surface area contributed by atoms with Crippen molar-refractivity contribution in [1.82, 2.24) is 5.32 Å². The van der Waals surface area contributed by atoms with Crippen LogP contribution >= 0.6 is 11.8 Å². The van der Waals surface area contributed by atoms with E-state index in [0.717, 1.165) is 56.2 Å². The van der Waals surface area contributed by atoms with E-state index in [0.29, 0.717) is 6.61 Å². The molecule has 1 aliphatic heterocycles. The molecule has 0 saturated heterocycles. The van der Waals surface area contributed by atoms with Crippen LogP contribution in [0.1, 0.15) is 17.5 Å². The Balaban J connectivity index is 1.56. The molecule has 0 fully saturated rings. The molecule has 0 aliphatic carbocycles. The number of nitrogens with one attached hydrogen (secondary N) is 1. The van der Waals surface area contributed by atoms with E-state index in [2.05, 4.69) is 23.5 Å². The van der Waals surface area contributed by atoms with Gasteiger partial charge in [-0.15, -0.1) is 0 Å². The normalized spacial score (nSPS) is 13.3. The quantitative estimate of drug-likeness (QED) is 0.678. The zero-order valence-corrected chi connectivity index (χ0v) is 12.2. The average molecular weight is 281 g/mol. The van der Waals surface area contributed by atoms with Gasteiger partial charge in [-0.3, -0.25) is 0 Å². The molecule has 2 rings (SSSR count). The third kappa shape index (κ3) is 5.05. The molecule has 0 unspecified atom stereocenters. The molecule has 0 saturated carbocycles. The summed E-state index contributed by atoms with van der Waals surface area (Å²) in [6.45, 7) is 3.22. The molecule has 0 aromatic heterocycles. The largest absolute Gasteiger partial charge is 0.493 e. The van der Waals surface area contributed by atoms with Gasteiger partial charge in [-0.2, -0.15) is 11.8 Å². The Labute approximate surface area is 119 Å². The molecule has 1 aromatic rings. The van der Waals surface area contributed by atoms with Crippen LogP contribution in [0.4, 0.5) is 0 Å². The van der Waals surface area contributed by atoms with Crippen LogP contribution in [0.5, 0.6) is 5.75 Å². The third-order valence-electron chi connectivity index (χ3n) is 3.21. The van der Waals surface area contributed by atoms with Crippen molar-refractivity contribution in [3.63, 3.8) is 0 Å². The van der Waals surface area contributed by atoms with Gasteiger partial charge in [-0.1, -0.05) is 12.1 Å². The van der Waals surface area contributed by atoms with Gasteiger partial charge in [0.15, 0.2) is 0 Å². The first-order valence-electron chi connectivity index (χ1n) is 7.04. The molecule has 3 nitrogen and oxygen atoms in total. The molecule has 0 radical (unpaired) electrons. The van der Waals surface area contributed by atoms with E-state index in [1.807, 2.05) is 11.8 Å². The van der Waals surface area contributed by atoms with Gasteiger partial charge < -0.3 is 15.2 Å². The molecule has 1 aromatic carbocycles. The fraction of sp³-hybridized carbons (Fsp3) is 0.600. The fourth-order valence-corrected chi connectivity index (χ4v) is 2.99. The van der Waals surface area contributed by atoms with Gasteiger partial charge in [-0.25, -0.2) is 0 Å². The van der Waals surface area contributed by atoms with Gasteiger partial charge in [0.2, 0.25) is 0 Å². The summed E-state index contributed by atoms with van der Waals surface area (Å²) in [6.07, 6.45) is 3.04. The van der Waals surface area contributed by atoms with Crippen molar-refractivity contribution in [3.05, 3.63) is 29.3 Å². The number of thioether (sulfide) groups is 1. The minimum atomic E-state index is 0.308. The Hall–Kier alpha value is -0.710. The maximum Gasteiger partial charge on any atom is 0.122 e. The molecule has 1 heterocycles. The van der Waals surface area contributed by atoms with Crippen molar-refractivity contribution >= 4 is 11.8 Å². The highest BCUT2D eigenvalue weighted by Gasteiger charge is 2.11. The summed E-state index contributed by atoms with van der Waals surface area (Å²) in [4.78, 5) is 0. The summed E-state index contributed by atoms with van der Waals surface area (Å²) in [5.74, 6) is 3.25. The summed E-state index contributed by atoms with van der Waals surface area (Å²) < 4.78 is 5.51. The van der Waals surface area contributed by atoms with E-state index < -0.39 is 0 Å². The number of benzene rings is 1. The van der Waals surface area contributed by atoms with Gasteiger partial charge >= 0.3 is 0 Å². The summed E-state index contributed by atoms with van der Waals surface area (Å²) in [5, 5.41) is 12.1. The van der Waals surface area contributed by atoms with E-state index in [1.54, 1.807) is 0 Å².